The molecule has 1 heterocycles. The van der Waals surface area contributed by atoms with Crippen molar-refractivity contribution in [3.63, 3.8) is 0 Å². The molecule has 8 nitrogen and oxygen atoms in total. The van der Waals surface area contributed by atoms with E-state index in [9.17, 15) is 22.8 Å². The van der Waals surface area contributed by atoms with Crippen LogP contribution in [0.3, 0.4) is 0 Å². The highest BCUT2D eigenvalue weighted by atomic mass is 19.4. The number of esters is 2. The summed E-state index contributed by atoms with van der Waals surface area (Å²) in [6, 6.07) is 8.60. The molecule has 3 rings (SSSR count). The highest BCUT2D eigenvalue weighted by Gasteiger charge is 2.30. The molecule has 1 aromatic heterocycles. The molecule has 0 amide bonds. The van der Waals surface area contributed by atoms with Gasteiger partial charge in [-0.05, 0) is 30.3 Å². The molecule has 0 radical (unpaired) electrons. The van der Waals surface area contributed by atoms with Gasteiger partial charge in [0.2, 0.25) is 11.7 Å². The highest BCUT2D eigenvalue weighted by Crippen LogP contribution is 2.30. The first kappa shape index (κ1) is 21.8. The second kappa shape index (κ2) is 8.86. The smallest absolute Gasteiger partial charge is 0.416 e. The monoisotopic (exact) mass is 435 g/mol. The predicted molar refractivity (Wildman–Crippen MR) is 101 cm³/mol. The number of carbonyl (C=O) groups excluding carboxylic acids is 2. The number of aromatic nitrogens is 2. The van der Waals surface area contributed by atoms with Gasteiger partial charge in [0.1, 0.15) is 0 Å². The normalized spacial score (nSPS) is 11.1. The third kappa shape index (κ3) is 5.18. The molecule has 0 bridgehead atoms. The minimum atomic E-state index is -4.44. The predicted octanol–water partition coefficient (Wildman–Crippen LogP) is 3.94. The van der Waals surface area contributed by atoms with E-state index in [1.165, 1.54) is 44.6 Å². The van der Waals surface area contributed by atoms with Gasteiger partial charge in [0, 0.05) is 11.3 Å². The van der Waals surface area contributed by atoms with Crippen molar-refractivity contribution >= 4 is 17.6 Å². The van der Waals surface area contributed by atoms with Crippen LogP contribution in [0.5, 0.6) is 0 Å². The summed E-state index contributed by atoms with van der Waals surface area (Å²) < 4.78 is 52.5. The van der Waals surface area contributed by atoms with Gasteiger partial charge in [0.25, 0.3) is 0 Å². The van der Waals surface area contributed by atoms with Gasteiger partial charge in [-0.25, -0.2) is 9.59 Å². The number of rotatable bonds is 6. The molecule has 162 valence electrons. The Kier molecular flexibility index (Phi) is 6.23. The van der Waals surface area contributed by atoms with E-state index in [0.717, 1.165) is 12.1 Å². The topological polar surface area (TPSA) is 104 Å². The SMILES string of the molecule is COC(=O)c1cc(NCc2nc(-c3ccc(C(F)(F)F)cc3)no2)cc(C(=O)OC)c1. The van der Waals surface area contributed by atoms with Gasteiger partial charge in [0.05, 0.1) is 37.5 Å². The largest absolute Gasteiger partial charge is 0.465 e. The number of carbonyl (C=O) groups is 2. The third-order valence-corrected chi connectivity index (χ3v) is 4.16. The lowest BCUT2D eigenvalue weighted by Crippen LogP contribution is -2.09. The molecule has 0 spiro atoms. The molecule has 0 aliphatic carbocycles. The van der Waals surface area contributed by atoms with Crippen molar-refractivity contribution in [2.24, 2.45) is 0 Å². The number of nitrogens with zero attached hydrogens (tertiary/aromatic N) is 2. The Morgan fingerprint density at radius 1 is 1.00 bits per heavy atom. The number of anilines is 1. The summed E-state index contributed by atoms with van der Waals surface area (Å²) in [5.74, 6) is -1.03. The van der Waals surface area contributed by atoms with E-state index in [2.05, 4.69) is 24.9 Å². The third-order valence-electron chi connectivity index (χ3n) is 4.16. The van der Waals surface area contributed by atoms with Gasteiger partial charge < -0.3 is 19.3 Å². The van der Waals surface area contributed by atoms with Crippen molar-refractivity contribution < 1.29 is 36.8 Å². The molecule has 1 N–H and O–H groups in total. The number of methoxy groups -OCH3 is 2. The van der Waals surface area contributed by atoms with Gasteiger partial charge in [-0.15, -0.1) is 0 Å². The maximum Gasteiger partial charge on any atom is 0.416 e. The average molecular weight is 435 g/mol. The summed E-state index contributed by atoms with van der Waals surface area (Å²) >= 11 is 0. The van der Waals surface area contributed by atoms with Crippen molar-refractivity contribution in [3.8, 4) is 11.4 Å². The first-order valence-electron chi connectivity index (χ1n) is 8.77. The first-order chi connectivity index (χ1) is 14.7. The molecule has 0 atom stereocenters. The van der Waals surface area contributed by atoms with Gasteiger partial charge in [-0.1, -0.05) is 17.3 Å². The Morgan fingerprint density at radius 3 is 2.10 bits per heavy atom. The van der Waals surface area contributed by atoms with Crippen molar-refractivity contribution in [3.05, 3.63) is 65.0 Å². The van der Waals surface area contributed by atoms with Crippen LogP contribution in [0, 0.1) is 0 Å². The zero-order chi connectivity index (χ0) is 22.6. The Bertz CT molecular complexity index is 1060. The van der Waals surface area contributed by atoms with Crippen LogP contribution < -0.4 is 5.32 Å². The van der Waals surface area contributed by atoms with E-state index in [0.29, 0.717) is 11.3 Å². The summed E-state index contributed by atoms with van der Waals surface area (Å²) in [6.07, 6.45) is -4.44. The van der Waals surface area contributed by atoms with Gasteiger partial charge in [-0.2, -0.15) is 18.2 Å². The van der Waals surface area contributed by atoms with E-state index in [1.807, 2.05) is 0 Å². The molecule has 0 fully saturated rings. The lowest BCUT2D eigenvalue weighted by atomic mass is 10.1. The molecule has 11 heteroatoms. The van der Waals surface area contributed by atoms with Crippen LogP contribution >= 0.6 is 0 Å². The maximum atomic E-state index is 12.7. The second-order valence-electron chi connectivity index (χ2n) is 6.22. The van der Waals surface area contributed by atoms with Crippen molar-refractivity contribution in [1.29, 1.82) is 0 Å². The van der Waals surface area contributed by atoms with Crippen LogP contribution in [0.2, 0.25) is 0 Å². The van der Waals surface area contributed by atoms with Gasteiger partial charge >= 0.3 is 18.1 Å². The molecule has 0 aliphatic heterocycles. The van der Waals surface area contributed by atoms with Crippen LogP contribution in [0.15, 0.2) is 47.0 Å². The van der Waals surface area contributed by atoms with Crippen molar-refractivity contribution in [2.75, 3.05) is 19.5 Å². The fourth-order valence-corrected chi connectivity index (χ4v) is 2.63. The van der Waals surface area contributed by atoms with E-state index in [4.69, 9.17) is 4.52 Å². The van der Waals surface area contributed by atoms with Crippen LogP contribution in [0.4, 0.5) is 18.9 Å². The first-order valence-corrected chi connectivity index (χ1v) is 8.77. The van der Waals surface area contributed by atoms with Crippen LogP contribution in [-0.2, 0) is 22.2 Å². The van der Waals surface area contributed by atoms with Gasteiger partial charge in [0.15, 0.2) is 0 Å². The molecular formula is C20H16F3N3O5. The quantitative estimate of drug-likeness (QED) is 0.581. The minimum Gasteiger partial charge on any atom is -0.465 e. The molecule has 2 aromatic carbocycles. The fraction of sp³-hybridized carbons (Fsp3) is 0.200. The number of hydrogen-bond acceptors (Lipinski definition) is 8. The molecule has 0 aliphatic rings. The second-order valence-corrected chi connectivity index (χ2v) is 6.22. The summed E-state index contributed by atoms with van der Waals surface area (Å²) in [5, 5.41) is 6.69. The lowest BCUT2D eigenvalue weighted by molar-refractivity contribution is -0.137. The summed E-state index contributed by atoms with van der Waals surface area (Å²) in [7, 11) is 2.42. The summed E-state index contributed by atoms with van der Waals surface area (Å²) in [4.78, 5) is 27.8. The average Bonchev–Trinajstić information content (AvgIpc) is 3.25. The fourth-order valence-electron chi connectivity index (χ4n) is 2.63. The number of benzene rings is 2. The van der Waals surface area contributed by atoms with E-state index in [-0.39, 0.29) is 29.4 Å². The summed E-state index contributed by atoms with van der Waals surface area (Å²) in [6.45, 7) is 0.0267. The molecule has 0 unspecified atom stereocenters. The van der Waals surface area contributed by atoms with Crippen LogP contribution in [-0.4, -0.2) is 36.3 Å². The zero-order valence-electron chi connectivity index (χ0n) is 16.3. The number of hydrogen-bond donors (Lipinski definition) is 1. The molecule has 31 heavy (non-hydrogen) atoms. The van der Waals surface area contributed by atoms with E-state index in [1.54, 1.807) is 0 Å². The number of halogens is 3. The molecule has 3 aromatic rings. The highest BCUT2D eigenvalue weighted by molar-refractivity contribution is 5.96. The van der Waals surface area contributed by atoms with Gasteiger partial charge in [-0.3, -0.25) is 0 Å². The maximum absolute atomic E-state index is 12.7. The Morgan fingerprint density at radius 2 is 1.58 bits per heavy atom. The standard InChI is InChI=1S/C20H16F3N3O5/c1-29-18(27)12-7-13(19(28)30-2)9-15(8-12)24-10-16-25-17(26-31-16)11-3-5-14(6-4-11)20(21,22)23/h3-9,24H,10H2,1-2H3. The Hall–Kier alpha value is -3.89. The number of alkyl halides is 3. The lowest BCUT2D eigenvalue weighted by Gasteiger charge is -2.09. The summed E-state index contributed by atoms with van der Waals surface area (Å²) in [5.41, 5.74) is 0.211. The molecular weight excluding hydrogens is 419 g/mol. The number of ether oxygens (including phenoxy) is 2. The molecule has 0 saturated carbocycles. The Labute approximate surface area is 174 Å². The van der Waals surface area contributed by atoms with E-state index < -0.39 is 23.7 Å². The van der Waals surface area contributed by atoms with Crippen LogP contribution in [0.25, 0.3) is 11.4 Å². The van der Waals surface area contributed by atoms with Crippen LogP contribution in [0.1, 0.15) is 32.2 Å². The zero-order valence-corrected chi connectivity index (χ0v) is 16.3. The van der Waals surface area contributed by atoms with E-state index >= 15 is 0 Å². The minimum absolute atomic E-state index is 0.0267. The Balaban J connectivity index is 1.75. The number of nitrogens with one attached hydrogen (secondary N) is 1. The molecule has 0 saturated heterocycles. The van der Waals surface area contributed by atoms with Crippen molar-refractivity contribution in [2.45, 2.75) is 12.7 Å². The van der Waals surface area contributed by atoms with Crippen molar-refractivity contribution in [1.82, 2.24) is 10.1 Å².